The molecule has 0 spiro atoms. The molecule has 0 unspecified atom stereocenters. The van der Waals surface area contributed by atoms with Crippen molar-refractivity contribution in [1.82, 2.24) is 35.7 Å². The predicted molar refractivity (Wildman–Crippen MR) is 268 cm³/mol. The van der Waals surface area contributed by atoms with Crippen molar-refractivity contribution in [3.63, 3.8) is 0 Å². The molecule has 2 aromatic heterocycles. The number of pyridine rings is 2. The smallest absolute Gasteiger partial charge is 0.343 e. The van der Waals surface area contributed by atoms with E-state index in [4.69, 9.17) is 9.72 Å². The van der Waals surface area contributed by atoms with Gasteiger partial charge in [-0.3, -0.25) is 43.3 Å². The van der Waals surface area contributed by atoms with Crippen LogP contribution in [-0.2, 0) is 74.7 Å². The quantitative estimate of drug-likeness (QED) is 0.0315. The lowest BCUT2D eigenvalue weighted by Crippen LogP contribution is -2.44. The Morgan fingerprint density at radius 2 is 1.58 bits per heavy atom. The third-order valence-corrected chi connectivity index (χ3v) is 14.6. The number of aryl methyl sites for hydroxylation is 1. The van der Waals surface area contributed by atoms with Gasteiger partial charge in [0.2, 0.25) is 17.7 Å². The summed E-state index contributed by atoms with van der Waals surface area (Å²) < 4.78 is 22.2. The molecule has 4 aromatic rings. The number of ketones is 2. The van der Waals surface area contributed by atoms with E-state index in [1.807, 2.05) is 30.3 Å². The zero-order valence-corrected chi connectivity index (χ0v) is 41.7. The molecule has 0 fully saturated rings. The van der Waals surface area contributed by atoms with Gasteiger partial charge in [-0.05, 0) is 93.2 Å². The van der Waals surface area contributed by atoms with Crippen molar-refractivity contribution in [1.29, 1.82) is 0 Å². The van der Waals surface area contributed by atoms with E-state index in [9.17, 15) is 48.3 Å². The van der Waals surface area contributed by atoms with Crippen molar-refractivity contribution in [3.8, 4) is 11.4 Å². The van der Waals surface area contributed by atoms with Gasteiger partial charge in [0.05, 0.1) is 41.6 Å². The number of nitrogens with one attached hydrogen (secondary N) is 4. The average molecular weight is 1020 g/mol. The molecule has 0 radical (unpaired) electrons. The van der Waals surface area contributed by atoms with Crippen LogP contribution in [0.4, 0.5) is 4.39 Å². The highest BCUT2D eigenvalue weighted by Gasteiger charge is 2.46. The topological polar surface area (TPSA) is 252 Å². The Bertz CT molecular complexity index is 2990. The summed E-state index contributed by atoms with van der Waals surface area (Å²) in [4.78, 5) is 120. The number of hydrogen-bond donors (Lipinski definition) is 5. The van der Waals surface area contributed by atoms with Crippen LogP contribution in [-0.4, -0.2) is 98.9 Å². The van der Waals surface area contributed by atoms with E-state index in [0.29, 0.717) is 80.5 Å². The Hall–Kier alpha value is -7.25. The highest BCUT2D eigenvalue weighted by Crippen LogP contribution is 2.46. The molecule has 3 atom stereocenters. The zero-order chi connectivity index (χ0) is 52.7. The fraction of sp³-hybridized carbons (Fsp3) is 0.455. The van der Waals surface area contributed by atoms with Crippen LogP contribution in [0, 0.1) is 12.7 Å². The predicted octanol–water partition coefficient (Wildman–Crippen LogP) is 4.03. The summed E-state index contributed by atoms with van der Waals surface area (Å²) in [7, 11) is 0. The summed E-state index contributed by atoms with van der Waals surface area (Å²) in [6, 6.07) is 11.1. The number of rotatable bonds is 25. The molecule has 0 saturated carbocycles. The molecule has 1 aliphatic carbocycles. The van der Waals surface area contributed by atoms with E-state index >= 15 is 4.39 Å². The summed E-state index contributed by atoms with van der Waals surface area (Å²) >= 11 is 0. The van der Waals surface area contributed by atoms with E-state index in [0.717, 1.165) is 32.5 Å². The molecule has 19 heteroatoms. The number of carbonyl (C=O) groups is 8. The first kappa shape index (κ1) is 53.1. The molecule has 5 heterocycles. The minimum atomic E-state index is -1.98. The summed E-state index contributed by atoms with van der Waals surface area (Å²) in [5, 5.41) is 24.1. The maximum Gasteiger partial charge on any atom is 0.343 e. The van der Waals surface area contributed by atoms with Crippen LogP contribution in [0.3, 0.4) is 0 Å². The Balaban J connectivity index is 0.791. The number of ether oxygens (including phenoxy) is 1. The number of aromatic nitrogens is 2. The van der Waals surface area contributed by atoms with Gasteiger partial charge < -0.3 is 35.7 Å². The normalized spacial score (nSPS) is 17.6. The molecule has 8 rings (SSSR count). The number of unbranched alkanes of at least 4 members (excludes halogenated alkanes) is 3. The monoisotopic (exact) mass is 1020 g/mol. The lowest BCUT2D eigenvalue weighted by Gasteiger charge is -2.31. The molecule has 0 saturated heterocycles. The van der Waals surface area contributed by atoms with Gasteiger partial charge in [0.25, 0.3) is 17.4 Å². The second kappa shape index (κ2) is 23.3. The second-order valence-electron chi connectivity index (χ2n) is 19.5. The number of esters is 1. The zero-order valence-electron chi connectivity index (χ0n) is 41.7. The second-order valence-corrected chi connectivity index (χ2v) is 19.5. The fourth-order valence-electron chi connectivity index (χ4n) is 10.4. The van der Waals surface area contributed by atoms with Crippen LogP contribution >= 0.6 is 0 Å². The number of benzene rings is 2. The van der Waals surface area contributed by atoms with Crippen LogP contribution in [0.15, 0.2) is 59.4 Å². The van der Waals surface area contributed by atoms with Crippen LogP contribution in [0.1, 0.15) is 129 Å². The number of imide groups is 1. The molecule has 0 bridgehead atoms. The Morgan fingerprint density at radius 1 is 0.851 bits per heavy atom. The molecule has 3 aliphatic heterocycles. The van der Waals surface area contributed by atoms with Crippen LogP contribution in [0.25, 0.3) is 22.3 Å². The summed E-state index contributed by atoms with van der Waals surface area (Å²) in [5.41, 5.74) is 3.46. The minimum Gasteiger partial charge on any atom is -0.458 e. The van der Waals surface area contributed by atoms with Crippen molar-refractivity contribution in [2.24, 2.45) is 0 Å². The third kappa shape index (κ3) is 11.6. The standard InChI is InChI=1S/C55H62FN7O11/c1-3-55(73)38-27-43-52-36(30-63(43)53(71)37(38)31-74-54(55)72)51-40(17-16-35-32(2)39(56)28-42(61-52)50(35)51)57-23-9-10-24-58-46(67)20-18-44(65)41(26-33-12-6-4-7-13-33)60-47(68)19-15-34(64)29-59-45(66)14-8-5-11-25-62-48(69)21-22-49(62)70/h4,6-7,12-13,21-22,27-28,40-41,57,73H,3,5,8-11,14-20,23-26,29-31H2,1-2H3,(H,58,67)(H,59,66)(H,60,68)/t40-,41-,55-/m0/s1. The molecular formula is C55H62FN7O11. The molecular weight excluding hydrogens is 954 g/mol. The van der Waals surface area contributed by atoms with Crippen molar-refractivity contribution in [3.05, 3.63) is 110 Å². The van der Waals surface area contributed by atoms with Gasteiger partial charge in [0, 0.05) is 86.0 Å². The van der Waals surface area contributed by atoms with Gasteiger partial charge in [0.15, 0.2) is 17.2 Å². The largest absolute Gasteiger partial charge is 0.458 e. The number of fused-ring (bicyclic) bond motifs is 5. The third-order valence-electron chi connectivity index (χ3n) is 14.6. The van der Waals surface area contributed by atoms with E-state index in [1.165, 1.54) is 18.2 Å². The number of Topliss-reactive ketones (excluding diaryl/α,β-unsaturated/α-hetero) is 2. The lowest BCUT2D eigenvalue weighted by atomic mass is 9.81. The molecule has 2 aromatic carbocycles. The van der Waals surface area contributed by atoms with Crippen molar-refractivity contribution >= 4 is 58.0 Å². The first-order valence-electron chi connectivity index (χ1n) is 25.6. The summed E-state index contributed by atoms with van der Waals surface area (Å²) in [5.74, 6) is -3.74. The number of hydrogen-bond acceptors (Lipinski definition) is 13. The van der Waals surface area contributed by atoms with Gasteiger partial charge in [-0.1, -0.05) is 43.7 Å². The summed E-state index contributed by atoms with van der Waals surface area (Å²) in [6.07, 6.45) is 6.49. The molecule has 5 N–H and O–H groups in total. The molecule has 18 nitrogen and oxygen atoms in total. The van der Waals surface area contributed by atoms with E-state index in [2.05, 4.69) is 21.3 Å². The van der Waals surface area contributed by atoms with Crippen molar-refractivity contribution in [2.75, 3.05) is 26.2 Å². The molecule has 5 amide bonds. The maximum absolute atomic E-state index is 15.4. The van der Waals surface area contributed by atoms with E-state index in [1.54, 1.807) is 24.5 Å². The van der Waals surface area contributed by atoms with Crippen LogP contribution in [0.2, 0.25) is 0 Å². The highest BCUT2D eigenvalue weighted by atomic mass is 19.1. The molecule has 74 heavy (non-hydrogen) atoms. The number of carbonyl (C=O) groups excluding carboxylic acids is 8. The molecule has 4 aliphatic rings. The molecule has 390 valence electrons. The Labute approximate surface area is 426 Å². The number of nitrogens with zero attached hydrogens (tertiary/aromatic N) is 3. The van der Waals surface area contributed by atoms with Crippen molar-refractivity contribution in [2.45, 2.75) is 135 Å². The van der Waals surface area contributed by atoms with Crippen molar-refractivity contribution < 1.29 is 52.6 Å². The van der Waals surface area contributed by atoms with E-state index < -0.39 is 23.5 Å². The van der Waals surface area contributed by atoms with Gasteiger partial charge in [0.1, 0.15) is 12.4 Å². The fourth-order valence-corrected chi connectivity index (χ4v) is 10.4. The van der Waals surface area contributed by atoms with Gasteiger partial charge >= 0.3 is 5.97 Å². The Morgan fingerprint density at radius 3 is 2.34 bits per heavy atom. The first-order chi connectivity index (χ1) is 35.6. The SMILES string of the molecule is CC[C@@]1(O)C(=O)OCc2c1cc1n(c2=O)Cc2c-1nc1cc(F)c(C)c3c1c2[C@@H](NCCCCNC(=O)CCC(=O)[C@H](Cc1ccccc1)NC(=O)CCC(=O)CNC(=O)CCCCCN1C(=O)C=CC1=O)CC3. The highest BCUT2D eigenvalue weighted by molar-refractivity contribution is 6.12. The Kier molecular flexibility index (Phi) is 16.7. The maximum atomic E-state index is 15.4. The lowest BCUT2D eigenvalue weighted by molar-refractivity contribution is -0.172. The number of cyclic esters (lactones) is 1. The minimum absolute atomic E-state index is 0.00593. The van der Waals surface area contributed by atoms with Crippen LogP contribution in [0.5, 0.6) is 0 Å². The summed E-state index contributed by atoms with van der Waals surface area (Å²) in [6.45, 7) is 4.32. The van der Waals surface area contributed by atoms with Crippen LogP contribution < -0.4 is 26.8 Å². The average Bonchev–Trinajstić information content (AvgIpc) is 3.95. The number of aliphatic hydroxyl groups is 1. The van der Waals surface area contributed by atoms with E-state index in [-0.39, 0.29) is 135 Å². The van der Waals surface area contributed by atoms with Gasteiger partial charge in [-0.15, -0.1) is 0 Å². The van der Waals surface area contributed by atoms with Gasteiger partial charge in [-0.25, -0.2) is 14.2 Å². The number of halogens is 1. The first-order valence-corrected chi connectivity index (χ1v) is 25.6. The number of amides is 5. The van der Waals surface area contributed by atoms with Gasteiger partial charge in [-0.2, -0.15) is 0 Å².